The van der Waals surface area contributed by atoms with Gasteiger partial charge in [0.1, 0.15) is 4.88 Å². The number of carboxylic acids is 1. The Morgan fingerprint density at radius 1 is 1.28 bits per heavy atom. The molecule has 0 bridgehead atoms. The molecule has 1 fully saturated rings. The molecule has 160 valence electrons. The second-order valence-electron chi connectivity index (χ2n) is 9.16. The molecule has 1 atom stereocenters. The van der Waals surface area contributed by atoms with Crippen LogP contribution in [0.1, 0.15) is 81.3 Å². The van der Waals surface area contributed by atoms with Gasteiger partial charge in [-0.1, -0.05) is 18.8 Å². The van der Waals surface area contributed by atoms with E-state index >= 15 is 0 Å². The Hall–Kier alpha value is -1.84. The van der Waals surface area contributed by atoms with E-state index in [4.69, 9.17) is 0 Å². The molecule has 1 aliphatic rings. The molecule has 1 aromatic heterocycles. The lowest BCUT2D eigenvalue weighted by molar-refractivity contribution is -0.124. The van der Waals surface area contributed by atoms with Crippen LogP contribution >= 0.6 is 11.3 Å². The number of hydrogen-bond donors (Lipinski definition) is 2. The van der Waals surface area contributed by atoms with Crippen molar-refractivity contribution in [1.82, 2.24) is 0 Å². The van der Waals surface area contributed by atoms with Crippen LogP contribution in [0.5, 0.6) is 0 Å². The summed E-state index contributed by atoms with van der Waals surface area (Å²) >= 11 is 1.11. The zero-order valence-electron chi connectivity index (χ0n) is 18.1. The van der Waals surface area contributed by atoms with E-state index < -0.39 is 5.97 Å². The van der Waals surface area contributed by atoms with Crippen LogP contribution in [0.2, 0.25) is 0 Å². The number of aliphatic hydroxyl groups excluding tert-OH is 1. The average molecular weight is 420 g/mol. The maximum atomic E-state index is 13.4. The summed E-state index contributed by atoms with van der Waals surface area (Å²) in [5.74, 6) is 5.63. The molecule has 0 aliphatic heterocycles. The first-order valence-corrected chi connectivity index (χ1v) is 11.2. The van der Waals surface area contributed by atoms with Gasteiger partial charge in [0.25, 0.3) is 0 Å². The summed E-state index contributed by atoms with van der Waals surface area (Å²) in [6.07, 6.45) is 4.07. The van der Waals surface area contributed by atoms with E-state index in [1.807, 2.05) is 27.7 Å². The van der Waals surface area contributed by atoms with E-state index in [0.717, 1.165) is 37.0 Å². The number of amides is 1. The molecule has 2 N–H and O–H groups in total. The number of aliphatic hydroxyl groups is 1. The molecule has 1 saturated carbocycles. The number of thiophene rings is 1. The van der Waals surface area contributed by atoms with Crippen molar-refractivity contribution in [2.75, 3.05) is 11.5 Å². The van der Waals surface area contributed by atoms with Crippen LogP contribution in [0.3, 0.4) is 0 Å². The lowest BCUT2D eigenvalue weighted by atomic mass is 9.82. The lowest BCUT2D eigenvalue weighted by Gasteiger charge is -2.34. The molecule has 0 spiro atoms. The van der Waals surface area contributed by atoms with E-state index in [1.54, 1.807) is 11.0 Å². The van der Waals surface area contributed by atoms with E-state index in [-0.39, 0.29) is 34.8 Å². The summed E-state index contributed by atoms with van der Waals surface area (Å²) in [5, 5.41) is 19.2. The normalized spacial score (nSPS) is 20.5. The number of anilines is 1. The zero-order valence-corrected chi connectivity index (χ0v) is 18.9. The van der Waals surface area contributed by atoms with E-state index in [2.05, 4.69) is 18.8 Å². The number of nitrogens with zero attached hydrogens (tertiary/aromatic N) is 1. The van der Waals surface area contributed by atoms with Gasteiger partial charge in [0, 0.05) is 24.0 Å². The highest BCUT2D eigenvalue weighted by atomic mass is 32.1. The molecule has 29 heavy (non-hydrogen) atoms. The molecule has 1 unspecified atom stereocenters. The topological polar surface area (TPSA) is 77.8 Å². The average Bonchev–Trinajstić information content (AvgIpc) is 3.04. The van der Waals surface area contributed by atoms with Crippen molar-refractivity contribution in [2.45, 2.75) is 72.8 Å². The maximum Gasteiger partial charge on any atom is 0.348 e. The van der Waals surface area contributed by atoms with Crippen LogP contribution in [-0.4, -0.2) is 34.7 Å². The smallest absolute Gasteiger partial charge is 0.348 e. The number of carboxylic acid groups (broad SMARTS) is 1. The van der Waals surface area contributed by atoms with Crippen LogP contribution < -0.4 is 4.90 Å². The van der Waals surface area contributed by atoms with E-state index in [9.17, 15) is 19.8 Å². The van der Waals surface area contributed by atoms with Crippen molar-refractivity contribution in [1.29, 1.82) is 0 Å². The molecule has 1 aromatic rings. The molecule has 0 saturated heterocycles. The fourth-order valence-corrected chi connectivity index (χ4v) is 4.46. The molecule has 1 amide bonds. The Kier molecular flexibility index (Phi) is 7.90. The van der Waals surface area contributed by atoms with Crippen molar-refractivity contribution in [2.24, 2.45) is 17.3 Å². The van der Waals surface area contributed by atoms with Gasteiger partial charge in [-0.25, -0.2) is 4.79 Å². The third-order valence-corrected chi connectivity index (χ3v) is 6.34. The first kappa shape index (κ1) is 23.4. The van der Waals surface area contributed by atoms with Crippen molar-refractivity contribution < 1.29 is 19.8 Å². The fourth-order valence-electron chi connectivity index (χ4n) is 3.62. The van der Waals surface area contributed by atoms with Crippen molar-refractivity contribution in [3.05, 3.63) is 15.8 Å². The molecule has 6 heteroatoms. The molecule has 0 radical (unpaired) electrons. The largest absolute Gasteiger partial charge is 0.477 e. The first-order chi connectivity index (χ1) is 13.5. The van der Waals surface area contributed by atoms with Gasteiger partial charge < -0.3 is 15.1 Å². The number of carbonyl (C=O) groups excluding carboxylic acids is 1. The molecule has 0 aromatic carbocycles. The Balaban J connectivity index is 2.46. The highest BCUT2D eigenvalue weighted by Gasteiger charge is 2.34. The first-order valence-electron chi connectivity index (χ1n) is 10.4. The summed E-state index contributed by atoms with van der Waals surface area (Å²) in [6, 6.07) is 1.44. The highest BCUT2D eigenvalue weighted by molar-refractivity contribution is 7.15. The standard InChI is InChI=1S/C23H33NO4S/c1-15-6-8-17(9-7-15)21(26)24(16(2)11-13-25)19-14-18(10-12-23(3,4)5)29-20(19)22(27)28/h14-17,25H,6-9,11,13H2,1-5H3,(H,27,28)/t15-,16?,17-. The van der Waals surface area contributed by atoms with E-state index in [1.165, 1.54) is 0 Å². The second-order valence-corrected chi connectivity index (χ2v) is 10.2. The van der Waals surface area contributed by atoms with Crippen molar-refractivity contribution >= 4 is 28.9 Å². The Morgan fingerprint density at radius 3 is 2.41 bits per heavy atom. The minimum atomic E-state index is -1.06. The second kappa shape index (κ2) is 9.77. The predicted molar refractivity (Wildman–Crippen MR) is 117 cm³/mol. The summed E-state index contributed by atoms with van der Waals surface area (Å²) in [5.41, 5.74) is 0.205. The Labute approximate surface area is 178 Å². The van der Waals surface area contributed by atoms with Crippen LogP contribution in [0.4, 0.5) is 5.69 Å². The molecule has 2 rings (SSSR count). The summed E-state index contributed by atoms with van der Waals surface area (Å²) < 4.78 is 0. The summed E-state index contributed by atoms with van der Waals surface area (Å²) in [4.78, 5) is 27.8. The van der Waals surface area contributed by atoms with Gasteiger partial charge in [0.15, 0.2) is 0 Å². The van der Waals surface area contributed by atoms with Crippen LogP contribution in [0.25, 0.3) is 0 Å². The van der Waals surface area contributed by atoms with Crippen molar-refractivity contribution in [3.8, 4) is 11.8 Å². The minimum absolute atomic E-state index is 0.0338. The Morgan fingerprint density at radius 2 is 1.90 bits per heavy atom. The minimum Gasteiger partial charge on any atom is -0.477 e. The van der Waals surface area contributed by atoms with Gasteiger partial charge in [-0.05, 0) is 71.8 Å². The zero-order chi connectivity index (χ0) is 21.8. The molecular formula is C23H33NO4S. The monoisotopic (exact) mass is 419 g/mol. The summed E-state index contributed by atoms with van der Waals surface area (Å²) in [6.45, 7) is 10.00. The lowest BCUT2D eigenvalue weighted by Crippen LogP contribution is -2.44. The van der Waals surface area contributed by atoms with Crippen LogP contribution in [0.15, 0.2) is 6.07 Å². The predicted octanol–water partition coefficient (Wildman–Crippen LogP) is 4.77. The molecule has 1 heterocycles. The SMILES string of the molecule is CC(CCO)N(c1cc(C#CC(C)(C)C)sc1C(=O)O)C(=O)[C@H]1CC[C@H](C)CC1. The third kappa shape index (κ3) is 6.32. The van der Waals surface area contributed by atoms with Gasteiger partial charge in [-0.2, -0.15) is 0 Å². The van der Waals surface area contributed by atoms with Crippen molar-refractivity contribution in [3.63, 3.8) is 0 Å². The van der Waals surface area contributed by atoms with Gasteiger partial charge in [0.2, 0.25) is 5.91 Å². The van der Waals surface area contributed by atoms with Gasteiger partial charge >= 0.3 is 5.97 Å². The third-order valence-electron chi connectivity index (χ3n) is 5.32. The van der Waals surface area contributed by atoms with Gasteiger partial charge in [0.05, 0.1) is 10.6 Å². The van der Waals surface area contributed by atoms with E-state index in [0.29, 0.717) is 22.9 Å². The van der Waals surface area contributed by atoms with Gasteiger partial charge in [-0.15, -0.1) is 11.3 Å². The van der Waals surface area contributed by atoms with Crippen LogP contribution in [0, 0.1) is 29.1 Å². The Bertz CT molecular complexity index is 788. The van der Waals surface area contributed by atoms with Gasteiger partial charge in [-0.3, -0.25) is 4.79 Å². The number of rotatable bonds is 6. The number of aromatic carboxylic acids is 1. The molecular weight excluding hydrogens is 386 g/mol. The maximum absolute atomic E-state index is 13.4. The van der Waals surface area contributed by atoms with Crippen LogP contribution in [-0.2, 0) is 4.79 Å². The highest BCUT2D eigenvalue weighted by Crippen LogP contribution is 2.36. The summed E-state index contributed by atoms with van der Waals surface area (Å²) in [7, 11) is 0. The fraction of sp³-hybridized carbons (Fsp3) is 0.652. The molecule has 1 aliphatic carbocycles. The number of carbonyl (C=O) groups is 2. The quantitative estimate of drug-likeness (QED) is 0.651. The number of hydrogen-bond acceptors (Lipinski definition) is 4. The molecule has 5 nitrogen and oxygen atoms in total.